The zero-order valence-corrected chi connectivity index (χ0v) is 12.0. The summed E-state index contributed by atoms with van der Waals surface area (Å²) >= 11 is 0. The first kappa shape index (κ1) is 16.7. The number of esters is 2. The standard InChI is InChI=1S/C16H17FO4/c1-3-6-13(4-2)20-15(18)9-10-16(19)21-14-8-5-7-12(17)11-14/h5,7-8,11,13H,4,9-10H2,1-2H3. The van der Waals surface area contributed by atoms with Gasteiger partial charge in [-0.25, -0.2) is 4.39 Å². The molecule has 0 saturated heterocycles. The largest absolute Gasteiger partial charge is 0.449 e. The Morgan fingerprint density at radius 2 is 2.00 bits per heavy atom. The minimum atomic E-state index is -0.618. The van der Waals surface area contributed by atoms with Crippen molar-refractivity contribution in [2.45, 2.75) is 39.2 Å². The first-order chi connectivity index (χ1) is 10.0. The highest BCUT2D eigenvalue weighted by molar-refractivity contribution is 5.79. The minimum absolute atomic E-state index is 0.101. The van der Waals surface area contributed by atoms with E-state index in [1.165, 1.54) is 18.2 Å². The summed E-state index contributed by atoms with van der Waals surface area (Å²) in [6.07, 6.45) is -0.108. The van der Waals surface area contributed by atoms with Crippen LogP contribution in [0.3, 0.4) is 0 Å². The molecule has 0 aromatic heterocycles. The second-order valence-corrected chi connectivity index (χ2v) is 4.21. The molecule has 0 spiro atoms. The molecule has 4 nitrogen and oxygen atoms in total. The maximum absolute atomic E-state index is 12.9. The van der Waals surface area contributed by atoms with Crippen LogP contribution in [0, 0.1) is 17.7 Å². The van der Waals surface area contributed by atoms with Crippen LogP contribution in [0.25, 0.3) is 0 Å². The van der Waals surface area contributed by atoms with Crippen LogP contribution in [0.5, 0.6) is 5.75 Å². The van der Waals surface area contributed by atoms with Gasteiger partial charge in [0, 0.05) is 6.07 Å². The maximum atomic E-state index is 12.9. The van der Waals surface area contributed by atoms with Crippen molar-refractivity contribution < 1.29 is 23.5 Å². The monoisotopic (exact) mass is 292 g/mol. The summed E-state index contributed by atoms with van der Waals surface area (Å²) in [6.45, 7) is 3.51. The van der Waals surface area contributed by atoms with Gasteiger partial charge < -0.3 is 9.47 Å². The van der Waals surface area contributed by atoms with Crippen molar-refractivity contribution >= 4 is 11.9 Å². The van der Waals surface area contributed by atoms with E-state index in [1.807, 2.05) is 6.92 Å². The van der Waals surface area contributed by atoms with Crippen LogP contribution in [-0.2, 0) is 14.3 Å². The van der Waals surface area contributed by atoms with E-state index < -0.39 is 23.9 Å². The predicted octanol–water partition coefficient (Wildman–Crippen LogP) is 2.86. The van der Waals surface area contributed by atoms with Crippen LogP contribution in [-0.4, -0.2) is 18.0 Å². The van der Waals surface area contributed by atoms with Crippen LogP contribution >= 0.6 is 0 Å². The summed E-state index contributed by atoms with van der Waals surface area (Å²) in [4.78, 5) is 23.1. The number of carbonyl (C=O) groups is 2. The van der Waals surface area contributed by atoms with E-state index in [9.17, 15) is 14.0 Å². The van der Waals surface area contributed by atoms with Gasteiger partial charge in [-0.1, -0.05) is 18.9 Å². The van der Waals surface area contributed by atoms with Crippen molar-refractivity contribution in [3.63, 3.8) is 0 Å². The van der Waals surface area contributed by atoms with Crippen molar-refractivity contribution in [2.24, 2.45) is 0 Å². The zero-order valence-electron chi connectivity index (χ0n) is 12.0. The summed E-state index contributed by atoms with van der Waals surface area (Å²) in [5.74, 6) is 3.90. The molecule has 5 heteroatoms. The third-order valence-electron chi connectivity index (χ3n) is 2.51. The molecule has 1 aromatic carbocycles. The summed E-state index contributed by atoms with van der Waals surface area (Å²) in [5, 5.41) is 0. The van der Waals surface area contributed by atoms with Crippen LogP contribution in [0.15, 0.2) is 24.3 Å². The summed E-state index contributed by atoms with van der Waals surface area (Å²) in [6, 6.07) is 5.24. The molecule has 0 heterocycles. The maximum Gasteiger partial charge on any atom is 0.311 e. The van der Waals surface area contributed by atoms with Crippen molar-refractivity contribution in [3.05, 3.63) is 30.1 Å². The van der Waals surface area contributed by atoms with E-state index >= 15 is 0 Å². The van der Waals surface area contributed by atoms with Gasteiger partial charge in [0.1, 0.15) is 11.6 Å². The lowest BCUT2D eigenvalue weighted by molar-refractivity contribution is -0.149. The molecule has 0 aliphatic carbocycles. The van der Waals surface area contributed by atoms with Gasteiger partial charge in [0.25, 0.3) is 0 Å². The van der Waals surface area contributed by atoms with Gasteiger partial charge in [0.15, 0.2) is 6.10 Å². The number of benzene rings is 1. The van der Waals surface area contributed by atoms with E-state index in [4.69, 9.17) is 9.47 Å². The van der Waals surface area contributed by atoms with Crippen molar-refractivity contribution in [2.75, 3.05) is 0 Å². The molecule has 0 N–H and O–H groups in total. The SMILES string of the molecule is CC#CC(CC)OC(=O)CCC(=O)Oc1cccc(F)c1. The number of ether oxygens (including phenoxy) is 2. The Labute approximate surface area is 123 Å². The Bertz CT molecular complexity index is 557. The molecule has 0 saturated carbocycles. The summed E-state index contributed by atoms with van der Waals surface area (Å²) in [7, 11) is 0. The number of rotatable bonds is 6. The lowest BCUT2D eigenvalue weighted by atomic mass is 10.2. The average Bonchev–Trinajstić information content (AvgIpc) is 2.44. The average molecular weight is 292 g/mol. The fraction of sp³-hybridized carbons (Fsp3) is 0.375. The highest BCUT2D eigenvalue weighted by Crippen LogP contribution is 2.13. The molecule has 0 amide bonds. The fourth-order valence-corrected chi connectivity index (χ4v) is 1.51. The van der Waals surface area contributed by atoms with Gasteiger partial charge in [-0.3, -0.25) is 9.59 Å². The van der Waals surface area contributed by atoms with Crippen molar-refractivity contribution in [1.82, 2.24) is 0 Å². The number of hydrogen-bond donors (Lipinski definition) is 0. The second-order valence-electron chi connectivity index (χ2n) is 4.21. The molecule has 0 aliphatic heterocycles. The number of hydrogen-bond acceptors (Lipinski definition) is 4. The molecule has 0 bridgehead atoms. The van der Waals surface area contributed by atoms with E-state index in [-0.39, 0.29) is 18.6 Å². The fourth-order valence-electron chi connectivity index (χ4n) is 1.51. The Hall–Kier alpha value is -2.35. The van der Waals surface area contributed by atoms with Crippen molar-refractivity contribution in [3.8, 4) is 17.6 Å². The highest BCUT2D eigenvalue weighted by atomic mass is 19.1. The molecule has 1 aromatic rings. The molecule has 1 rings (SSSR count). The molecular weight excluding hydrogens is 275 g/mol. The van der Waals surface area contributed by atoms with Gasteiger partial charge in [-0.15, -0.1) is 5.92 Å². The highest BCUT2D eigenvalue weighted by Gasteiger charge is 2.13. The normalized spacial score (nSPS) is 11.0. The lowest BCUT2D eigenvalue weighted by Crippen LogP contribution is -2.17. The third-order valence-corrected chi connectivity index (χ3v) is 2.51. The lowest BCUT2D eigenvalue weighted by Gasteiger charge is -2.10. The summed E-state index contributed by atoms with van der Waals surface area (Å²) in [5.41, 5.74) is 0. The molecule has 0 fully saturated rings. The van der Waals surface area contributed by atoms with Crippen LogP contribution in [0.4, 0.5) is 4.39 Å². The Kier molecular flexibility index (Phi) is 6.96. The van der Waals surface area contributed by atoms with E-state index in [0.29, 0.717) is 6.42 Å². The summed E-state index contributed by atoms with van der Waals surface area (Å²) < 4.78 is 22.9. The Morgan fingerprint density at radius 1 is 1.29 bits per heavy atom. The minimum Gasteiger partial charge on any atom is -0.449 e. The molecule has 21 heavy (non-hydrogen) atoms. The van der Waals surface area contributed by atoms with E-state index in [1.54, 1.807) is 6.92 Å². The molecule has 0 radical (unpaired) electrons. The molecule has 112 valence electrons. The number of halogens is 1. The Balaban J connectivity index is 2.38. The van der Waals surface area contributed by atoms with Gasteiger partial charge in [0.05, 0.1) is 12.8 Å². The molecular formula is C16H17FO4. The smallest absolute Gasteiger partial charge is 0.311 e. The predicted molar refractivity (Wildman–Crippen MR) is 74.9 cm³/mol. The van der Waals surface area contributed by atoms with E-state index in [0.717, 1.165) is 6.07 Å². The first-order valence-electron chi connectivity index (χ1n) is 6.63. The quantitative estimate of drug-likeness (QED) is 0.459. The van der Waals surface area contributed by atoms with Gasteiger partial charge in [-0.2, -0.15) is 0 Å². The molecule has 1 atom stereocenters. The second kappa shape index (κ2) is 8.75. The zero-order chi connectivity index (χ0) is 15.7. The van der Waals surface area contributed by atoms with Crippen LogP contribution in [0.2, 0.25) is 0 Å². The third kappa shape index (κ3) is 6.57. The van der Waals surface area contributed by atoms with Crippen LogP contribution in [0.1, 0.15) is 33.1 Å². The van der Waals surface area contributed by atoms with Gasteiger partial charge in [-0.05, 0) is 25.5 Å². The van der Waals surface area contributed by atoms with E-state index in [2.05, 4.69) is 11.8 Å². The Morgan fingerprint density at radius 3 is 2.62 bits per heavy atom. The van der Waals surface area contributed by atoms with Crippen LogP contribution < -0.4 is 4.74 Å². The van der Waals surface area contributed by atoms with Crippen molar-refractivity contribution in [1.29, 1.82) is 0 Å². The molecule has 1 unspecified atom stereocenters. The topological polar surface area (TPSA) is 52.6 Å². The van der Waals surface area contributed by atoms with Gasteiger partial charge >= 0.3 is 11.9 Å². The molecule has 0 aliphatic rings. The first-order valence-corrected chi connectivity index (χ1v) is 6.63. The van der Waals surface area contributed by atoms with Gasteiger partial charge in [0.2, 0.25) is 0 Å². The number of carbonyl (C=O) groups excluding carboxylic acids is 2.